The topological polar surface area (TPSA) is 98.4 Å². The minimum absolute atomic E-state index is 0.00416. The van der Waals surface area contributed by atoms with Crippen LogP contribution >= 0.6 is 11.6 Å². The van der Waals surface area contributed by atoms with Crippen LogP contribution in [0.1, 0.15) is 86.8 Å². The van der Waals surface area contributed by atoms with Gasteiger partial charge in [-0.2, -0.15) is 0 Å². The Balaban J connectivity index is 1.36. The van der Waals surface area contributed by atoms with Gasteiger partial charge in [0.1, 0.15) is 28.9 Å². The maximum Gasteiger partial charge on any atom is 0.273 e. The number of nitrogens with zero attached hydrogens (tertiary/aromatic N) is 3. The first-order valence-electron chi connectivity index (χ1n) is 13.8. The standard InChI is InChI=1S/C30H32ClFN4O4/c1-30(2,39)21-8-5-11-35(28(21)37)25-14-22-18(15-33-25)6-3-4-7-20-13-24(26(31)29(38)36(20)22)40-23-10-9-17-12-19(32)16-34-27(17)23/h5,8,11-13,15-16,22-23,25,33,39H,3-4,6-7,9-10,14H2,1-2H3/t22?,23?,25-/m0/s1. The zero-order valence-corrected chi connectivity index (χ0v) is 23.2. The van der Waals surface area contributed by atoms with Gasteiger partial charge in [-0.3, -0.25) is 19.1 Å². The molecule has 0 saturated heterocycles. The second kappa shape index (κ2) is 10.2. The van der Waals surface area contributed by atoms with Gasteiger partial charge in [0.2, 0.25) is 0 Å². The quantitative estimate of drug-likeness (QED) is 0.469. The van der Waals surface area contributed by atoms with Crippen molar-refractivity contribution in [2.45, 2.75) is 82.7 Å². The van der Waals surface area contributed by atoms with Gasteiger partial charge in [0.05, 0.1) is 23.5 Å². The van der Waals surface area contributed by atoms with Gasteiger partial charge in [0.25, 0.3) is 11.1 Å². The fourth-order valence-electron chi connectivity index (χ4n) is 6.21. The molecule has 0 spiro atoms. The lowest BCUT2D eigenvalue weighted by molar-refractivity contribution is 0.0761. The minimum Gasteiger partial charge on any atom is -0.482 e. The van der Waals surface area contributed by atoms with Gasteiger partial charge < -0.3 is 19.7 Å². The van der Waals surface area contributed by atoms with Gasteiger partial charge in [-0.1, -0.05) is 11.6 Å². The third-order valence-electron chi connectivity index (χ3n) is 8.21. The van der Waals surface area contributed by atoms with E-state index < -0.39 is 17.9 Å². The largest absolute Gasteiger partial charge is 0.482 e. The summed E-state index contributed by atoms with van der Waals surface area (Å²) in [5.41, 5.74) is 1.78. The molecule has 3 aromatic heterocycles. The lowest BCUT2D eigenvalue weighted by Crippen LogP contribution is -2.42. The molecule has 10 heteroatoms. The van der Waals surface area contributed by atoms with Gasteiger partial charge in [0, 0.05) is 29.9 Å². The smallest absolute Gasteiger partial charge is 0.273 e. The van der Waals surface area contributed by atoms with Crippen molar-refractivity contribution in [3.8, 4) is 5.75 Å². The number of fused-ring (bicyclic) bond motifs is 4. The Morgan fingerprint density at radius 3 is 2.77 bits per heavy atom. The van der Waals surface area contributed by atoms with Gasteiger partial charge in [0.15, 0.2) is 0 Å². The number of hydrogen-bond acceptors (Lipinski definition) is 6. The Morgan fingerprint density at radius 1 is 1.18 bits per heavy atom. The van der Waals surface area contributed by atoms with Crippen molar-refractivity contribution in [3.63, 3.8) is 0 Å². The number of nitrogens with one attached hydrogen (secondary N) is 1. The van der Waals surface area contributed by atoms with Crippen LogP contribution in [0, 0.1) is 5.82 Å². The summed E-state index contributed by atoms with van der Waals surface area (Å²) in [6.45, 7) is 3.18. The Hall–Kier alpha value is -3.43. The fourth-order valence-corrected chi connectivity index (χ4v) is 6.40. The van der Waals surface area contributed by atoms with Crippen molar-refractivity contribution < 1.29 is 14.2 Å². The highest BCUT2D eigenvalue weighted by Crippen LogP contribution is 2.39. The van der Waals surface area contributed by atoms with Gasteiger partial charge in [-0.25, -0.2) is 4.39 Å². The van der Waals surface area contributed by atoms with Crippen LogP contribution in [-0.2, 0) is 18.4 Å². The van der Waals surface area contributed by atoms with E-state index in [1.807, 2.05) is 12.3 Å². The van der Waals surface area contributed by atoms with Crippen molar-refractivity contribution in [2.24, 2.45) is 0 Å². The summed E-state index contributed by atoms with van der Waals surface area (Å²) in [5.74, 6) is -0.0671. The molecule has 0 bridgehead atoms. The summed E-state index contributed by atoms with van der Waals surface area (Å²) >= 11 is 6.68. The molecule has 0 amide bonds. The van der Waals surface area contributed by atoms with E-state index in [0.29, 0.717) is 42.7 Å². The third kappa shape index (κ3) is 4.75. The molecule has 0 radical (unpaired) electrons. The molecule has 0 fully saturated rings. The molecule has 3 atom stereocenters. The zero-order valence-electron chi connectivity index (χ0n) is 22.5. The Labute approximate surface area is 236 Å². The molecule has 0 saturated carbocycles. The lowest BCUT2D eigenvalue weighted by Gasteiger charge is -2.36. The molecule has 2 unspecified atom stereocenters. The molecule has 6 rings (SSSR count). The van der Waals surface area contributed by atoms with Crippen LogP contribution < -0.4 is 21.2 Å². The Morgan fingerprint density at radius 2 is 1.98 bits per heavy atom. The maximum absolute atomic E-state index is 13.9. The minimum atomic E-state index is -1.28. The molecule has 2 N–H and O–H groups in total. The summed E-state index contributed by atoms with van der Waals surface area (Å²) in [5, 5.41) is 13.9. The van der Waals surface area contributed by atoms with E-state index in [1.54, 1.807) is 41.3 Å². The predicted molar refractivity (Wildman–Crippen MR) is 149 cm³/mol. The molecule has 3 aliphatic rings. The van der Waals surface area contributed by atoms with E-state index in [2.05, 4.69) is 10.3 Å². The SMILES string of the molecule is CC(C)(O)c1cccn([C@H]2CC3C(=CN2)CCCCc2cc(OC4CCc5cc(F)cnc54)c(Cl)c(=O)n23)c1=O. The number of aromatic nitrogens is 3. The first-order valence-corrected chi connectivity index (χ1v) is 14.1. The summed E-state index contributed by atoms with van der Waals surface area (Å²) in [6, 6.07) is 6.42. The summed E-state index contributed by atoms with van der Waals surface area (Å²) in [7, 11) is 0. The monoisotopic (exact) mass is 566 g/mol. The average molecular weight is 567 g/mol. The number of aliphatic hydroxyl groups is 1. The molecule has 2 aliphatic heterocycles. The molecular formula is C30H32ClFN4O4. The van der Waals surface area contributed by atoms with Crippen molar-refractivity contribution in [1.82, 2.24) is 19.4 Å². The molecule has 210 valence electrons. The highest BCUT2D eigenvalue weighted by atomic mass is 35.5. The third-order valence-corrected chi connectivity index (χ3v) is 8.56. The molecule has 1 aliphatic carbocycles. The highest BCUT2D eigenvalue weighted by molar-refractivity contribution is 6.31. The molecule has 8 nitrogen and oxygen atoms in total. The van der Waals surface area contributed by atoms with Crippen molar-refractivity contribution in [1.29, 1.82) is 0 Å². The van der Waals surface area contributed by atoms with E-state index in [1.165, 1.54) is 12.3 Å². The molecule has 3 aromatic rings. The van der Waals surface area contributed by atoms with Gasteiger partial charge in [-0.15, -0.1) is 0 Å². The zero-order chi connectivity index (χ0) is 28.2. The van der Waals surface area contributed by atoms with Crippen LogP contribution in [0.25, 0.3) is 0 Å². The molecule has 40 heavy (non-hydrogen) atoms. The lowest BCUT2D eigenvalue weighted by atomic mass is 9.91. The molecule has 5 heterocycles. The van der Waals surface area contributed by atoms with Crippen molar-refractivity contribution in [2.75, 3.05) is 0 Å². The normalized spacial score (nSPS) is 22.2. The number of halogens is 2. The van der Waals surface area contributed by atoms with E-state index >= 15 is 0 Å². The maximum atomic E-state index is 13.9. The van der Waals surface area contributed by atoms with E-state index in [-0.39, 0.29) is 28.0 Å². The predicted octanol–water partition coefficient (Wildman–Crippen LogP) is 4.83. The van der Waals surface area contributed by atoms with Crippen LogP contribution in [0.5, 0.6) is 5.75 Å². The fraction of sp³-hybridized carbons (Fsp3) is 0.433. The second-order valence-electron chi connectivity index (χ2n) is 11.4. The first kappa shape index (κ1) is 26.8. The number of rotatable bonds is 4. The van der Waals surface area contributed by atoms with Gasteiger partial charge >= 0.3 is 0 Å². The van der Waals surface area contributed by atoms with Crippen LogP contribution in [-0.4, -0.2) is 19.2 Å². The van der Waals surface area contributed by atoms with Crippen LogP contribution in [0.2, 0.25) is 5.02 Å². The van der Waals surface area contributed by atoms with E-state index in [0.717, 1.165) is 36.1 Å². The number of aryl methyl sites for hydroxylation is 2. The summed E-state index contributed by atoms with van der Waals surface area (Å²) < 4.78 is 23.2. The van der Waals surface area contributed by atoms with Gasteiger partial charge in [-0.05, 0) is 87.9 Å². The molecular weight excluding hydrogens is 535 g/mol. The van der Waals surface area contributed by atoms with Crippen molar-refractivity contribution >= 4 is 11.6 Å². The number of allylic oxidation sites excluding steroid dienone is 1. The number of pyridine rings is 3. The molecule has 0 aromatic carbocycles. The highest BCUT2D eigenvalue weighted by Gasteiger charge is 2.33. The van der Waals surface area contributed by atoms with Crippen molar-refractivity contribution in [3.05, 3.63) is 102 Å². The second-order valence-corrected chi connectivity index (χ2v) is 11.8. The first-order chi connectivity index (χ1) is 19.1. The Bertz CT molecular complexity index is 1620. The number of hydrogen-bond donors (Lipinski definition) is 2. The summed E-state index contributed by atoms with van der Waals surface area (Å²) in [4.78, 5) is 31.4. The Kier molecular flexibility index (Phi) is 6.82. The van der Waals surface area contributed by atoms with Crippen LogP contribution in [0.4, 0.5) is 4.39 Å². The summed E-state index contributed by atoms with van der Waals surface area (Å²) in [6.07, 6.45) is 9.07. The number of ether oxygens (including phenoxy) is 1. The van der Waals surface area contributed by atoms with Crippen LogP contribution in [0.15, 0.2) is 58.0 Å². The van der Waals surface area contributed by atoms with Crippen LogP contribution in [0.3, 0.4) is 0 Å². The van der Waals surface area contributed by atoms with E-state index in [4.69, 9.17) is 16.3 Å². The average Bonchev–Trinajstić information content (AvgIpc) is 3.29. The van der Waals surface area contributed by atoms with E-state index in [9.17, 15) is 19.1 Å².